The standard InChI is InChI=1S/C20H22N4O3S/c1-13-9-17(24(10-13)11-16-12-28-20(22-16)23(2)3)18(25)21-15-7-5-14(6-8-15)19(26)27-4/h5-10,12H,11H2,1-4H3,(H,21,25). The van der Waals surface area contributed by atoms with E-state index in [4.69, 9.17) is 0 Å². The van der Waals surface area contributed by atoms with Crippen molar-refractivity contribution in [2.75, 3.05) is 31.4 Å². The predicted molar refractivity (Wildman–Crippen MR) is 110 cm³/mol. The van der Waals surface area contributed by atoms with Gasteiger partial charge in [0.1, 0.15) is 5.69 Å². The van der Waals surface area contributed by atoms with Crippen LogP contribution < -0.4 is 10.2 Å². The zero-order valence-electron chi connectivity index (χ0n) is 16.2. The van der Waals surface area contributed by atoms with Crippen LogP contribution in [0.4, 0.5) is 10.8 Å². The highest BCUT2D eigenvalue weighted by molar-refractivity contribution is 7.13. The lowest BCUT2D eigenvalue weighted by Gasteiger charge is -2.10. The number of carbonyl (C=O) groups is 2. The number of aryl methyl sites for hydroxylation is 1. The Morgan fingerprint density at radius 3 is 2.57 bits per heavy atom. The number of anilines is 2. The third kappa shape index (κ3) is 4.40. The van der Waals surface area contributed by atoms with Crippen molar-refractivity contribution >= 4 is 34.0 Å². The van der Waals surface area contributed by atoms with Crippen molar-refractivity contribution in [3.8, 4) is 0 Å². The van der Waals surface area contributed by atoms with Gasteiger partial charge in [-0.25, -0.2) is 9.78 Å². The van der Waals surface area contributed by atoms with Crippen molar-refractivity contribution in [2.24, 2.45) is 0 Å². The van der Waals surface area contributed by atoms with Crippen LogP contribution in [0, 0.1) is 6.92 Å². The summed E-state index contributed by atoms with van der Waals surface area (Å²) < 4.78 is 6.57. The van der Waals surface area contributed by atoms with E-state index < -0.39 is 5.97 Å². The molecule has 146 valence electrons. The number of ether oxygens (including phenoxy) is 1. The van der Waals surface area contributed by atoms with Gasteiger partial charge < -0.3 is 19.5 Å². The van der Waals surface area contributed by atoms with Crippen LogP contribution in [-0.4, -0.2) is 42.6 Å². The summed E-state index contributed by atoms with van der Waals surface area (Å²) in [5.41, 5.74) is 3.48. The number of carbonyl (C=O) groups excluding carboxylic acids is 2. The van der Waals surface area contributed by atoms with E-state index in [0.717, 1.165) is 16.4 Å². The van der Waals surface area contributed by atoms with Gasteiger partial charge in [0, 0.05) is 31.4 Å². The van der Waals surface area contributed by atoms with Crippen molar-refractivity contribution in [3.05, 3.63) is 64.4 Å². The molecule has 3 aromatic rings. The van der Waals surface area contributed by atoms with Gasteiger partial charge in [0.15, 0.2) is 5.13 Å². The highest BCUT2D eigenvalue weighted by Crippen LogP contribution is 2.20. The molecule has 0 bridgehead atoms. The summed E-state index contributed by atoms with van der Waals surface area (Å²) >= 11 is 1.57. The molecule has 0 aliphatic carbocycles. The van der Waals surface area contributed by atoms with Gasteiger partial charge in [-0.2, -0.15) is 0 Å². The molecule has 3 rings (SSSR count). The Morgan fingerprint density at radius 2 is 1.96 bits per heavy atom. The van der Waals surface area contributed by atoms with Gasteiger partial charge in [-0.15, -0.1) is 11.3 Å². The van der Waals surface area contributed by atoms with Crippen LogP contribution in [0.5, 0.6) is 0 Å². The summed E-state index contributed by atoms with van der Waals surface area (Å²) in [5.74, 6) is -0.635. The lowest BCUT2D eigenvalue weighted by atomic mass is 10.2. The van der Waals surface area contributed by atoms with Crippen LogP contribution in [0.3, 0.4) is 0 Å². The number of benzene rings is 1. The number of nitrogens with one attached hydrogen (secondary N) is 1. The van der Waals surface area contributed by atoms with Crippen molar-refractivity contribution in [2.45, 2.75) is 13.5 Å². The zero-order chi connectivity index (χ0) is 20.3. The van der Waals surface area contributed by atoms with Crippen molar-refractivity contribution in [1.82, 2.24) is 9.55 Å². The first kappa shape index (κ1) is 19.6. The van der Waals surface area contributed by atoms with E-state index in [1.807, 2.05) is 48.1 Å². The third-order valence-electron chi connectivity index (χ3n) is 4.08. The molecule has 0 unspecified atom stereocenters. The van der Waals surface area contributed by atoms with Gasteiger partial charge in [-0.05, 0) is 42.8 Å². The summed E-state index contributed by atoms with van der Waals surface area (Å²) in [7, 11) is 5.23. The minimum Gasteiger partial charge on any atom is -0.465 e. The minimum absolute atomic E-state index is 0.220. The predicted octanol–water partition coefficient (Wildman–Crippen LogP) is 3.41. The second kappa shape index (κ2) is 8.26. The molecule has 0 radical (unpaired) electrons. The van der Waals surface area contributed by atoms with E-state index in [9.17, 15) is 9.59 Å². The Hall–Kier alpha value is -3.13. The van der Waals surface area contributed by atoms with Gasteiger partial charge in [-0.3, -0.25) is 4.79 Å². The normalized spacial score (nSPS) is 10.6. The van der Waals surface area contributed by atoms with Crippen LogP contribution in [0.1, 0.15) is 32.1 Å². The molecule has 28 heavy (non-hydrogen) atoms. The Kier molecular flexibility index (Phi) is 5.79. The zero-order valence-corrected chi connectivity index (χ0v) is 17.0. The summed E-state index contributed by atoms with van der Waals surface area (Å²) in [6.07, 6.45) is 1.93. The summed E-state index contributed by atoms with van der Waals surface area (Å²) in [4.78, 5) is 30.8. The molecule has 0 aliphatic rings. The molecule has 0 atom stereocenters. The van der Waals surface area contributed by atoms with E-state index in [1.54, 1.807) is 35.6 Å². The number of rotatable bonds is 6. The molecular weight excluding hydrogens is 376 g/mol. The fourth-order valence-electron chi connectivity index (χ4n) is 2.73. The second-order valence-corrected chi connectivity index (χ2v) is 7.41. The smallest absolute Gasteiger partial charge is 0.337 e. The van der Waals surface area contributed by atoms with E-state index >= 15 is 0 Å². The van der Waals surface area contributed by atoms with Crippen molar-refractivity contribution < 1.29 is 14.3 Å². The second-order valence-electron chi connectivity index (χ2n) is 6.57. The maximum Gasteiger partial charge on any atom is 0.337 e. The number of methoxy groups -OCH3 is 1. The van der Waals surface area contributed by atoms with Gasteiger partial charge in [0.2, 0.25) is 0 Å². The highest BCUT2D eigenvalue weighted by Gasteiger charge is 2.15. The van der Waals surface area contributed by atoms with Crippen molar-refractivity contribution in [1.29, 1.82) is 0 Å². The average Bonchev–Trinajstić information content (AvgIpc) is 3.28. The first-order valence-electron chi connectivity index (χ1n) is 8.65. The summed E-state index contributed by atoms with van der Waals surface area (Å²) in [6.45, 7) is 2.47. The number of aromatic nitrogens is 2. The van der Waals surface area contributed by atoms with E-state index in [2.05, 4.69) is 15.0 Å². The Bertz CT molecular complexity index is 989. The first-order valence-corrected chi connectivity index (χ1v) is 9.53. The molecule has 1 N–H and O–H groups in total. The monoisotopic (exact) mass is 398 g/mol. The molecular formula is C20H22N4O3S. The van der Waals surface area contributed by atoms with Crippen LogP contribution in [0.25, 0.3) is 0 Å². The number of amides is 1. The number of esters is 1. The minimum atomic E-state index is -0.414. The molecule has 0 saturated heterocycles. The SMILES string of the molecule is COC(=O)c1ccc(NC(=O)c2cc(C)cn2Cc2csc(N(C)C)n2)cc1. The molecule has 1 aromatic carbocycles. The van der Waals surface area contributed by atoms with Crippen LogP contribution in [0.15, 0.2) is 41.9 Å². The van der Waals surface area contributed by atoms with Gasteiger partial charge >= 0.3 is 5.97 Å². The Morgan fingerprint density at radius 1 is 1.25 bits per heavy atom. The number of thiazole rings is 1. The Balaban J connectivity index is 1.75. The molecule has 2 aromatic heterocycles. The van der Waals surface area contributed by atoms with Crippen LogP contribution in [0.2, 0.25) is 0 Å². The Labute approximate surface area is 167 Å². The number of hydrogen-bond acceptors (Lipinski definition) is 6. The third-order valence-corrected chi connectivity index (χ3v) is 5.14. The van der Waals surface area contributed by atoms with Crippen molar-refractivity contribution in [3.63, 3.8) is 0 Å². The largest absolute Gasteiger partial charge is 0.465 e. The lowest BCUT2D eigenvalue weighted by Crippen LogP contribution is -2.17. The summed E-state index contributed by atoms with van der Waals surface area (Å²) in [6, 6.07) is 8.42. The maximum absolute atomic E-state index is 12.8. The van der Waals surface area contributed by atoms with Gasteiger partial charge in [0.05, 0.1) is 24.9 Å². The molecule has 7 nitrogen and oxygen atoms in total. The van der Waals surface area contributed by atoms with E-state index in [0.29, 0.717) is 23.5 Å². The molecule has 0 fully saturated rings. The fourth-order valence-corrected chi connectivity index (χ4v) is 3.48. The molecule has 8 heteroatoms. The molecule has 0 saturated carbocycles. The molecule has 1 amide bonds. The number of nitrogens with zero attached hydrogens (tertiary/aromatic N) is 3. The molecule has 2 heterocycles. The maximum atomic E-state index is 12.8. The van der Waals surface area contributed by atoms with E-state index in [-0.39, 0.29) is 5.91 Å². The van der Waals surface area contributed by atoms with E-state index in [1.165, 1.54) is 7.11 Å². The summed E-state index contributed by atoms with van der Waals surface area (Å²) in [5, 5.41) is 5.79. The molecule has 0 spiro atoms. The fraction of sp³-hybridized carbons (Fsp3) is 0.250. The van der Waals surface area contributed by atoms with Gasteiger partial charge in [0.25, 0.3) is 5.91 Å². The first-order chi connectivity index (χ1) is 13.4. The lowest BCUT2D eigenvalue weighted by molar-refractivity contribution is 0.0600. The quantitative estimate of drug-likeness (QED) is 0.644. The van der Waals surface area contributed by atoms with Crippen LogP contribution >= 0.6 is 11.3 Å². The van der Waals surface area contributed by atoms with Crippen LogP contribution in [-0.2, 0) is 11.3 Å². The topological polar surface area (TPSA) is 76.5 Å². The number of hydrogen-bond donors (Lipinski definition) is 1. The average molecular weight is 398 g/mol. The van der Waals surface area contributed by atoms with Gasteiger partial charge in [-0.1, -0.05) is 0 Å². The molecule has 0 aliphatic heterocycles. The highest BCUT2D eigenvalue weighted by atomic mass is 32.1.